The summed E-state index contributed by atoms with van der Waals surface area (Å²) in [6, 6.07) is 21.2. The highest BCUT2D eigenvalue weighted by Gasteiger charge is 2.62. The van der Waals surface area contributed by atoms with E-state index in [2.05, 4.69) is 123 Å². The molecule has 2 aromatic carbocycles. The summed E-state index contributed by atoms with van der Waals surface area (Å²) in [7, 11) is -5.40. The number of benzene rings is 2. The zero-order valence-corrected chi connectivity index (χ0v) is 28.1. The molecule has 40 heavy (non-hydrogen) atoms. The van der Waals surface area contributed by atoms with Gasteiger partial charge in [0.05, 0.1) is 25.4 Å². The molecule has 0 amide bonds. The quantitative estimate of drug-likeness (QED) is 0.376. The van der Waals surface area contributed by atoms with E-state index in [-0.39, 0.29) is 39.2 Å². The lowest BCUT2D eigenvalue weighted by Gasteiger charge is -2.55. The highest BCUT2D eigenvalue weighted by Crippen LogP contribution is 2.54. The van der Waals surface area contributed by atoms with Crippen LogP contribution in [0.3, 0.4) is 0 Å². The molecule has 2 saturated heterocycles. The molecular formula is C33H50O5Si2. The van der Waals surface area contributed by atoms with Crippen LogP contribution >= 0.6 is 0 Å². The predicted octanol–water partition coefficient (Wildman–Crippen LogP) is 6.53. The highest BCUT2D eigenvalue weighted by atomic mass is 28.4. The Morgan fingerprint density at radius 2 is 1.35 bits per heavy atom. The van der Waals surface area contributed by atoms with Crippen LogP contribution in [0.15, 0.2) is 60.7 Å². The third-order valence-corrected chi connectivity index (χ3v) is 18.8. The van der Waals surface area contributed by atoms with Crippen LogP contribution in [0.1, 0.15) is 81.6 Å². The van der Waals surface area contributed by atoms with Crippen molar-refractivity contribution >= 4 is 33.0 Å². The van der Waals surface area contributed by atoms with Gasteiger partial charge in [0.1, 0.15) is 11.9 Å². The van der Waals surface area contributed by atoms with Crippen LogP contribution in [-0.4, -0.2) is 54.2 Å². The number of hydrogen-bond acceptors (Lipinski definition) is 5. The smallest absolute Gasteiger partial charge is 0.349 e. The van der Waals surface area contributed by atoms with E-state index in [9.17, 15) is 4.79 Å². The molecule has 3 atom stereocenters. The van der Waals surface area contributed by atoms with Crippen molar-refractivity contribution in [2.45, 2.75) is 115 Å². The van der Waals surface area contributed by atoms with Crippen LogP contribution in [0.4, 0.5) is 0 Å². The molecule has 0 N–H and O–H groups in total. The molecule has 0 unspecified atom stereocenters. The van der Waals surface area contributed by atoms with Gasteiger partial charge in [-0.05, 0) is 21.8 Å². The van der Waals surface area contributed by atoms with E-state index in [1.54, 1.807) is 0 Å². The summed E-state index contributed by atoms with van der Waals surface area (Å²) < 4.78 is 27.6. The maximum absolute atomic E-state index is 13.1. The lowest BCUT2D eigenvalue weighted by Crippen LogP contribution is -2.67. The van der Waals surface area contributed by atoms with Gasteiger partial charge in [0.2, 0.25) is 0 Å². The van der Waals surface area contributed by atoms with Gasteiger partial charge in [0.15, 0.2) is 0 Å². The number of hydrogen-bond donors (Lipinski definition) is 0. The second-order valence-corrected chi connectivity index (χ2v) is 23.7. The molecule has 0 saturated carbocycles. The minimum atomic E-state index is -2.75. The molecule has 7 heteroatoms. The Morgan fingerprint density at radius 3 is 1.82 bits per heavy atom. The number of Topliss-reactive ketones (excluding diaryl/α,β-unsaturated/α-hetero) is 1. The van der Waals surface area contributed by atoms with E-state index in [4.69, 9.17) is 18.0 Å². The van der Waals surface area contributed by atoms with Gasteiger partial charge in [-0.1, -0.05) is 123 Å². The Hall–Kier alpha value is -1.62. The topological polar surface area (TPSA) is 54.0 Å². The van der Waals surface area contributed by atoms with Crippen molar-refractivity contribution in [2.24, 2.45) is 0 Å². The average molecular weight is 583 g/mol. The van der Waals surface area contributed by atoms with Crippen LogP contribution in [0, 0.1) is 0 Å². The number of ether oxygens (including phenoxy) is 1. The Balaban J connectivity index is 1.63. The molecule has 2 aliphatic heterocycles. The molecule has 0 spiro atoms. The lowest BCUT2D eigenvalue weighted by atomic mass is 10.0. The number of carbonyl (C=O) groups excluding carboxylic acids is 1. The van der Waals surface area contributed by atoms with Gasteiger partial charge in [-0.15, -0.1) is 0 Å². The maximum atomic E-state index is 13.1. The Labute approximate surface area is 244 Å². The van der Waals surface area contributed by atoms with Crippen LogP contribution < -0.4 is 10.4 Å². The minimum Gasteiger partial charge on any atom is -0.405 e. The molecule has 2 aliphatic rings. The van der Waals surface area contributed by atoms with E-state index in [1.807, 2.05) is 0 Å². The van der Waals surface area contributed by atoms with Crippen LogP contribution in [0.5, 0.6) is 0 Å². The summed E-state index contributed by atoms with van der Waals surface area (Å²) in [5, 5.41) is 2.06. The van der Waals surface area contributed by atoms with Gasteiger partial charge in [0, 0.05) is 22.9 Å². The van der Waals surface area contributed by atoms with Gasteiger partial charge in [-0.3, -0.25) is 4.79 Å². The summed E-state index contributed by atoms with van der Waals surface area (Å²) in [6.45, 7) is 21.0. The number of ketones is 1. The van der Waals surface area contributed by atoms with Crippen molar-refractivity contribution < 1.29 is 22.8 Å². The largest absolute Gasteiger partial charge is 0.405 e. The van der Waals surface area contributed by atoms with Crippen molar-refractivity contribution in [2.75, 3.05) is 13.2 Å². The zero-order valence-electron chi connectivity index (χ0n) is 26.1. The molecular weight excluding hydrogens is 533 g/mol. The van der Waals surface area contributed by atoms with Gasteiger partial charge in [0.25, 0.3) is 8.32 Å². The fourth-order valence-electron chi connectivity index (χ4n) is 6.95. The predicted molar refractivity (Wildman–Crippen MR) is 167 cm³/mol. The Bertz CT molecular complexity index is 1080. The molecule has 4 rings (SSSR count). The van der Waals surface area contributed by atoms with Crippen LogP contribution in [0.25, 0.3) is 0 Å². The van der Waals surface area contributed by atoms with E-state index in [1.165, 1.54) is 10.4 Å². The second-order valence-electron chi connectivity index (χ2n) is 14.6. The standard InChI is InChI=1S/C33H50O5Si2/c1-31(2,3)39(27-16-12-10-13-17-27,28-18-14-11-15-19-28)35-23-26-22-25(34)20-21-29-30(37-26)24-36-40(38-29,32(4,5)6)33(7,8)9/h10-19,26,29-30H,20-24H2,1-9H3/t26-,29+,30-/m1/s1. The van der Waals surface area contributed by atoms with Crippen LogP contribution in [0.2, 0.25) is 15.1 Å². The summed E-state index contributed by atoms with van der Waals surface area (Å²) in [6.07, 6.45) is 0.801. The first-order valence-electron chi connectivity index (χ1n) is 14.8. The molecule has 220 valence electrons. The van der Waals surface area contributed by atoms with Gasteiger partial charge < -0.3 is 18.0 Å². The van der Waals surface area contributed by atoms with Gasteiger partial charge in [-0.25, -0.2) is 0 Å². The monoisotopic (exact) mass is 582 g/mol. The fourth-order valence-corrected chi connectivity index (χ4v) is 16.5. The van der Waals surface area contributed by atoms with Crippen molar-refractivity contribution in [3.63, 3.8) is 0 Å². The fraction of sp³-hybridized carbons (Fsp3) is 0.606. The third kappa shape index (κ3) is 5.97. The van der Waals surface area contributed by atoms with Gasteiger partial charge >= 0.3 is 8.56 Å². The zero-order chi connectivity index (χ0) is 29.4. The minimum absolute atomic E-state index is 0.117. The third-order valence-electron chi connectivity index (χ3n) is 8.59. The SMILES string of the molecule is CC(C)(C)[Si](OC[C@H]1CC(=O)CC[C@@H]2O[Si](C(C)(C)C)(C(C)(C)C)OC[C@H]2O1)(c1ccccc1)c1ccccc1. The first-order chi connectivity index (χ1) is 18.6. The van der Waals surface area contributed by atoms with Crippen molar-refractivity contribution in [1.82, 2.24) is 0 Å². The van der Waals surface area contributed by atoms with Crippen molar-refractivity contribution in [3.05, 3.63) is 60.7 Å². The van der Waals surface area contributed by atoms with Gasteiger partial charge in [-0.2, -0.15) is 0 Å². The molecule has 2 fully saturated rings. The van der Waals surface area contributed by atoms with E-state index in [0.29, 0.717) is 32.5 Å². The van der Waals surface area contributed by atoms with Crippen molar-refractivity contribution in [1.29, 1.82) is 0 Å². The first kappa shape index (κ1) is 31.3. The average Bonchev–Trinajstić information content (AvgIpc) is 2.86. The summed E-state index contributed by atoms with van der Waals surface area (Å²) >= 11 is 0. The van der Waals surface area contributed by atoms with Crippen LogP contribution in [-0.2, 0) is 22.8 Å². The Kier molecular flexibility index (Phi) is 9.06. The number of fused-ring (bicyclic) bond motifs is 1. The molecule has 2 heterocycles. The normalized spacial score (nSPS) is 24.6. The lowest BCUT2D eigenvalue weighted by molar-refractivity contribution is -0.156. The van der Waals surface area contributed by atoms with E-state index >= 15 is 0 Å². The molecule has 2 aromatic rings. The molecule has 0 aromatic heterocycles. The second kappa shape index (κ2) is 11.6. The van der Waals surface area contributed by atoms with Crippen molar-refractivity contribution in [3.8, 4) is 0 Å². The summed E-state index contributed by atoms with van der Waals surface area (Å²) in [5.41, 5.74) is 0. The van der Waals surface area contributed by atoms with E-state index in [0.717, 1.165) is 0 Å². The molecule has 0 radical (unpaired) electrons. The molecule has 0 aliphatic carbocycles. The Morgan fingerprint density at radius 1 is 0.825 bits per heavy atom. The van der Waals surface area contributed by atoms with E-state index < -0.39 is 16.9 Å². The molecule has 5 nitrogen and oxygen atoms in total. The maximum Gasteiger partial charge on any atom is 0.349 e. The summed E-state index contributed by atoms with van der Waals surface area (Å²) in [5.74, 6) is 0.211. The number of rotatable bonds is 5. The highest BCUT2D eigenvalue weighted by molar-refractivity contribution is 6.99. The molecule has 0 bridgehead atoms. The number of carbonyl (C=O) groups is 1. The first-order valence-corrected chi connectivity index (χ1v) is 18.6. The summed E-state index contributed by atoms with van der Waals surface area (Å²) in [4.78, 5) is 13.1.